The molecule has 150 valence electrons. The molecule has 7 heteroatoms. The highest BCUT2D eigenvalue weighted by molar-refractivity contribution is 5.83. The van der Waals surface area contributed by atoms with Gasteiger partial charge < -0.3 is 14.6 Å². The van der Waals surface area contributed by atoms with Crippen LogP contribution in [0.2, 0.25) is 0 Å². The van der Waals surface area contributed by atoms with Gasteiger partial charge in [0.1, 0.15) is 6.04 Å². The third-order valence-electron chi connectivity index (χ3n) is 6.82. The highest BCUT2D eigenvalue weighted by Gasteiger charge is 2.46. The molecule has 2 saturated carbocycles. The van der Waals surface area contributed by atoms with Crippen molar-refractivity contribution in [2.45, 2.75) is 56.9 Å². The highest BCUT2D eigenvalue weighted by Crippen LogP contribution is 2.54. The van der Waals surface area contributed by atoms with Gasteiger partial charge in [-0.1, -0.05) is 17.2 Å². The number of carbonyl (C=O) groups excluding carboxylic acids is 1. The van der Waals surface area contributed by atoms with Crippen LogP contribution in [0.3, 0.4) is 0 Å². The fraction of sp³-hybridized carbons (Fsp3) is 0.545. The maximum absolute atomic E-state index is 12.7. The molecule has 1 N–H and O–H groups in total. The van der Waals surface area contributed by atoms with Gasteiger partial charge in [-0.05, 0) is 68.1 Å². The largest absolute Gasteiger partial charge is 0.408 e. The summed E-state index contributed by atoms with van der Waals surface area (Å²) in [4.78, 5) is 14.7. The van der Waals surface area contributed by atoms with Crippen molar-refractivity contribution in [1.29, 1.82) is 5.26 Å². The van der Waals surface area contributed by atoms with Crippen LogP contribution in [0, 0.1) is 16.7 Å². The van der Waals surface area contributed by atoms with Crippen LogP contribution in [-0.4, -0.2) is 40.1 Å². The minimum Gasteiger partial charge on any atom is -0.408 e. The summed E-state index contributed by atoms with van der Waals surface area (Å²) in [5.74, 6) is 1.25. The van der Waals surface area contributed by atoms with Gasteiger partial charge in [-0.15, -0.1) is 5.10 Å². The van der Waals surface area contributed by atoms with Crippen LogP contribution >= 0.6 is 0 Å². The summed E-state index contributed by atoms with van der Waals surface area (Å²) in [5, 5.41) is 20.3. The van der Waals surface area contributed by atoms with E-state index in [1.54, 1.807) is 0 Å². The fourth-order valence-corrected chi connectivity index (χ4v) is 4.48. The summed E-state index contributed by atoms with van der Waals surface area (Å²) in [5.41, 5.74) is 2.41. The number of rotatable bonds is 5. The Bertz CT molecular complexity index is 946. The molecule has 1 amide bonds. The number of nitrogens with zero attached hydrogens (tertiary/aromatic N) is 4. The number of anilines is 1. The zero-order valence-corrected chi connectivity index (χ0v) is 16.6. The lowest BCUT2D eigenvalue weighted by Crippen LogP contribution is -2.45. The molecule has 3 fully saturated rings. The van der Waals surface area contributed by atoms with Gasteiger partial charge in [0.25, 0.3) is 0 Å². The molecule has 1 saturated heterocycles. The molecular weight excluding hydrogens is 366 g/mol. The Balaban J connectivity index is 1.16. The molecule has 0 radical (unpaired) electrons. The molecule has 29 heavy (non-hydrogen) atoms. The first-order valence-electron chi connectivity index (χ1n) is 10.5. The third-order valence-corrected chi connectivity index (χ3v) is 6.82. The minimum absolute atomic E-state index is 0.0992. The van der Waals surface area contributed by atoms with Gasteiger partial charge in [-0.3, -0.25) is 4.79 Å². The summed E-state index contributed by atoms with van der Waals surface area (Å²) in [6.45, 7) is 3.56. The molecule has 2 aliphatic carbocycles. The molecule has 2 aromatic rings. The first-order valence-corrected chi connectivity index (χ1v) is 10.5. The Hall–Kier alpha value is -2.88. The van der Waals surface area contributed by atoms with Crippen molar-refractivity contribution in [3.8, 4) is 6.07 Å². The van der Waals surface area contributed by atoms with Gasteiger partial charge >= 0.3 is 6.01 Å². The lowest BCUT2D eigenvalue weighted by atomic mass is 9.93. The number of carbonyl (C=O) groups is 1. The van der Waals surface area contributed by atoms with Crippen LogP contribution < -0.4 is 5.32 Å². The van der Waals surface area contributed by atoms with E-state index in [2.05, 4.69) is 21.6 Å². The van der Waals surface area contributed by atoms with E-state index in [0.717, 1.165) is 32.4 Å². The molecular formula is C22H25N5O2. The van der Waals surface area contributed by atoms with Crippen molar-refractivity contribution in [3.05, 3.63) is 41.3 Å². The molecule has 1 spiro atoms. The van der Waals surface area contributed by atoms with Crippen molar-refractivity contribution in [1.82, 2.24) is 15.1 Å². The van der Waals surface area contributed by atoms with E-state index in [9.17, 15) is 4.79 Å². The quantitative estimate of drug-likeness (QED) is 0.839. The molecule has 1 aromatic heterocycles. The van der Waals surface area contributed by atoms with Crippen LogP contribution in [0.15, 0.2) is 28.7 Å². The second-order valence-electron chi connectivity index (χ2n) is 8.82. The number of nitrogens with one attached hydrogen (secondary N) is 1. The smallest absolute Gasteiger partial charge is 0.316 e. The van der Waals surface area contributed by atoms with Crippen molar-refractivity contribution in [2.24, 2.45) is 5.41 Å². The first-order chi connectivity index (χ1) is 14.1. The van der Waals surface area contributed by atoms with Gasteiger partial charge in [-0.2, -0.15) is 5.26 Å². The summed E-state index contributed by atoms with van der Waals surface area (Å²) in [6.07, 6.45) is 5.89. The Labute approximate surface area is 170 Å². The normalized spacial score (nSPS) is 25.3. The standard InChI is InChI=1S/C22H25N5O2/c1-14(20(28)27-10-8-22(6-7-22)9-11-27)24-21-26-25-19(29-21)18-12-17(18)16-4-2-15(13-23)3-5-16/h2-5,14,17-18H,6-12H2,1H3,(H,24,26). The topological polar surface area (TPSA) is 95.0 Å². The van der Waals surface area contributed by atoms with Crippen LogP contribution in [0.4, 0.5) is 6.01 Å². The maximum Gasteiger partial charge on any atom is 0.316 e. The Morgan fingerprint density at radius 3 is 2.59 bits per heavy atom. The van der Waals surface area contributed by atoms with Gasteiger partial charge in [0.2, 0.25) is 11.8 Å². The number of nitriles is 1. The van der Waals surface area contributed by atoms with Crippen molar-refractivity contribution < 1.29 is 9.21 Å². The molecule has 3 atom stereocenters. The second kappa shape index (κ2) is 6.87. The maximum atomic E-state index is 12.7. The van der Waals surface area contributed by atoms with E-state index >= 15 is 0 Å². The summed E-state index contributed by atoms with van der Waals surface area (Å²) >= 11 is 0. The van der Waals surface area contributed by atoms with E-state index in [1.807, 2.05) is 36.1 Å². The van der Waals surface area contributed by atoms with Crippen LogP contribution in [0.1, 0.15) is 67.9 Å². The first kappa shape index (κ1) is 18.2. The van der Waals surface area contributed by atoms with Crippen molar-refractivity contribution in [3.63, 3.8) is 0 Å². The van der Waals surface area contributed by atoms with E-state index in [-0.39, 0.29) is 17.9 Å². The van der Waals surface area contributed by atoms with Crippen LogP contribution in [0.5, 0.6) is 0 Å². The average Bonchev–Trinajstić information content (AvgIpc) is 3.67. The molecule has 3 unspecified atom stereocenters. The molecule has 5 rings (SSSR count). The number of aromatic nitrogens is 2. The van der Waals surface area contributed by atoms with Crippen LogP contribution in [0.25, 0.3) is 0 Å². The molecule has 1 aliphatic heterocycles. The Morgan fingerprint density at radius 1 is 1.21 bits per heavy atom. The van der Waals surface area contributed by atoms with E-state index < -0.39 is 0 Å². The molecule has 3 aliphatic rings. The molecule has 7 nitrogen and oxygen atoms in total. The predicted octanol–water partition coefficient (Wildman–Crippen LogP) is 3.42. The van der Waals surface area contributed by atoms with E-state index in [1.165, 1.54) is 18.4 Å². The highest BCUT2D eigenvalue weighted by atomic mass is 16.4. The van der Waals surface area contributed by atoms with Crippen molar-refractivity contribution >= 4 is 11.9 Å². The SMILES string of the molecule is CC(Nc1nnc(C2CC2c2ccc(C#N)cc2)o1)C(=O)N1CCC2(CC1)CC2. The number of hydrogen-bond donors (Lipinski definition) is 1. The third kappa shape index (κ3) is 3.59. The number of hydrogen-bond acceptors (Lipinski definition) is 6. The minimum atomic E-state index is -0.384. The van der Waals surface area contributed by atoms with E-state index in [0.29, 0.717) is 28.8 Å². The zero-order chi connectivity index (χ0) is 20.0. The fourth-order valence-electron chi connectivity index (χ4n) is 4.48. The van der Waals surface area contributed by atoms with Gasteiger partial charge in [0.15, 0.2) is 0 Å². The lowest BCUT2D eigenvalue weighted by Gasteiger charge is -2.33. The summed E-state index contributed by atoms with van der Waals surface area (Å²) < 4.78 is 5.80. The molecule has 2 heterocycles. The molecule has 0 bridgehead atoms. The second-order valence-corrected chi connectivity index (χ2v) is 8.82. The molecule has 1 aromatic carbocycles. The Morgan fingerprint density at radius 2 is 1.93 bits per heavy atom. The van der Waals surface area contributed by atoms with Gasteiger partial charge in [-0.25, -0.2) is 0 Å². The van der Waals surface area contributed by atoms with Gasteiger partial charge in [0.05, 0.1) is 11.6 Å². The lowest BCUT2D eigenvalue weighted by molar-refractivity contribution is -0.133. The van der Waals surface area contributed by atoms with E-state index in [4.69, 9.17) is 9.68 Å². The predicted molar refractivity (Wildman–Crippen MR) is 106 cm³/mol. The zero-order valence-electron chi connectivity index (χ0n) is 16.6. The van der Waals surface area contributed by atoms with Crippen molar-refractivity contribution in [2.75, 3.05) is 18.4 Å². The van der Waals surface area contributed by atoms with Crippen LogP contribution in [-0.2, 0) is 4.79 Å². The summed E-state index contributed by atoms with van der Waals surface area (Å²) in [7, 11) is 0. The summed E-state index contributed by atoms with van der Waals surface area (Å²) in [6, 6.07) is 9.72. The van der Waals surface area contributed by atoms with Gasteiger partial charge in [0, 0.05) is 19.0 Å². The number of amides is 1. The monoisotopic (exact) mass is 391 g/mol. The average molecular weight is 391 g/mol. The number of benzene rings is 1. The number of likely N-dealkylation sites (tertiary alicyclic amines) is 1. The Kier molecular flexibility index (Phi) is 4.30. The number of piperidine rings is 1.